The van der Waals surface area contributed by atoms with Crippen LogP contribution >= 0.6 is 0 Å². The van der Waals surface area contributed by atoms with Crippen molar-refractivity contribution < 1.29 is 0 Å². The quantitative estimate of drug-likeness (QED) is 0.842. The second-order valence-corrected chi connectivity index (χ2v) is 6.34. The molecule has 2 N–H and O–H groups in total. The normalized spacial score (nSPS) is 15.4. The third-order valence-corrected chi connectivity index (χ3v) is 3.94. The van der Waals surface area contributed by atoms with Gasteiger partial charge < -0.3 is 15.2 Å². The van der Waals surface area contributed by atoms with E-state index in [1.54, 1.807) is 0 Å². The maximum atomic E-state index is 5.81. The van der Waals surface area contributed by atoms with Gasteiger partial charge in [-0.15, -0.1) is 0 Å². The van der Waals surface area contributed by atoms with Crippen LogP contribution < -0.4 is 5.73 Å². The summed E-state index contributed by atoms with van der Waals surface area (Å²) in [5, 5.41) is 0. The number of hydrogen-bond acceptors (Lipinski definition) is 5. The van der Waals surface area contributed by atoms with E-state index in [0.717, 1.165) is 37.1 Å². The Balaban J connectivity index is 1.60. The van der Waals surface area contributed by atoms with Crippen molar-refractivity contribution in [1.82, 2.24) is 24.4 Å². The Morgan fingerprint density at radius 2 is 2.14 bits per heavy atom. The van der Waals surface area contributed by atoms with Gasteiger partial charge in [0.05, 0.1) is 6.33 Å². The first-order valence-electron chi connectivity index (χ1n) is 7.80. The van der Waals surface area contributed by atoms with Gasteiger partial charge in [-0.2, -0.15) is 0 Å². The van der Waals surface area contributed by atoms with Gasteiger partial charge in [-0.05, 0) is 25.2 Å². The molecule has 1 saturated carbocycles. The zero-order valence-electron chi connectivity index (χ0n) is 12.9. The number of anilines is 1. The summed E-state index contributed by atoms with van der Waals surface area (Å²) >= 11 is 0. The van der Waals surface area contributed by atoms with Gasteiger partial charge in [0.2, 0.25) is 0 Å². The molecule has 6 nitrogen and oxygen atoms in total. The van der Waals surface area contributed by atoms with Crippen LogP contribution in [0.15, 0.2) is 12.7 Å². The van der Waals surface area contributed by atoms with Gasteiger partial charge in [-0.1, -0.05) is 13.8 Å². The molecule has 1 aliphatic carbocycles. The van der Waals surface area contributed by atoms with E-state index in [-0.39, 0.29) is 0 Å². The summed E-state index contributed by atoms with van der Waals surface area (Å²) in [6, 6.07) is 0.824. The van der Waals surface area contributed by atoms with E-state index in [4.69, 9.17) is 5.73 Å². The molecule has 2 heterocycles. The van der Waals surface area contributed by atoms with Crippen LogP contribution in [-0.4, -0.2) is 43.6 Å². The van der Waals surface area contributed by atoms with Gasteiger partial charge in [-0.25, -0.2) is 15.0 Å². The molecule has 0 bridgehead atoms. The summed E-state index contributed by atoms with van der Waals surface area (Å²) in [4.78, 5) is 15.2. The zero-order valence-corrected chi connectivity index (χ0v) is 12.9. The highest BCUT2D eigenvalue weighted by molar-refractivity contribution is 5.80. The highest BCUT2D eigenvalue weighted by atomic mass is 15.2. The SMILES string of the molecule is CC(C)CN(CCCn1cnc2c(N)ncnc21)C1CC1. The first kappa shape index (κ1) is 14.3. The molecule has 0 saturated heterocycles. The van der Waals surface area contributed by atoms with Crippen molar-refractivity contribution in [3.05, 3.63) is 12.7 Å². The molecular formula is C15H24N6. The van der Waals surface area contributed by atoms with Crippen LogP contribution in [0.4, 0.5) is 5.82 Å². The second-order valence-electron chi connectivity index (χ2n) is 6.34. The van der Waals surface area contributed by atoms with Gasteiger partial charge in [0.25, 0.3) is 0 Å². The Labute approximate surface area is 125 Å². The number of aromatic nitrogens is 4. The van der Waals surface area contributed by atoms with Crippen molar-refractivity contribution in [2.24, 2.45) is 5.92 Å². The number of fused-ring (bicyclic) bond motifs is 1. The van der Waals surface area contributed by atoms with E-state index in [0.29, 0.717) is 11.3 Å². The van der Waals surface area contributed by atoms with Gasteiger partial charge in [0, 0.05) is 25.7 Å². The third-order valence-electron chi connectivity index (χ3n) is 3.94. The Bertz CT molecular complexity index is 601. The second kappa shape index (κ2) is 5.97. The van der Waals surface area contributed by atoms with Crippen LogP contribution in [0.1, 0.15) is 33.1 Å². The smallest absolute Gasteiger partial charge is 0.165 e. The van der Waals surface area contributed by atoms with Crippen LogP contribution in [0.5, 0.6) is 0 Å². The van der Waals surface area contributed by atoms with Crippen molar-refractivity contribution in [2.45, 2.75) is 45.7 Å². The number of nitrogens with zero attached hydrogens (tertiary/aromatic N) is 5. The zero-order chi connectivity index (χ0) is 14.8. The Morgan fingerprint density at radius 3 is 2.86 bits per heavy atom. The number of rotatable bonds is 7. The fraction of sp³-hybridized carbons (Fsp3) is 0.667. The number of aryl methyl sites for hydroxylation is 1. The maximum Gasteiger partial charge on any atom is 0.165 e. The summed E-state index contributed by atoms with van der Waals surface area (Å²) in [5.41, 5.74) is 7.36. The largest absolute Gasteiger partial charge is 0.382 e. The third kappa shape index (κ3) is 3.32. The summed E-state index contributed by atoms with van der Waals surface area (Å²) < 4.78 is 2.08. The predicted molar refractivity (Wildman–Crippen MR) is 83.8 cm³/mol. The standard InChI is InChI=1S/C15H24N6/c1-11(2)8-20(12-4-5-12)6-3-7-21-10-19-13-14(16)17-9-18-15(13)21/h9-12H,3-8H2,1-2H3,(H2,16,17,18). The molecule has 21 heavy (non-hydrogen) atoms. The molecule has 6 heteroatoms. The minimum atomic E-state index is 0.457. The fourth-order valence-corrected chi connectivity index (χ4v) is 2.84. The Morgan fingerprint density at radius 1 is 1.33 bits per heavy atom. The Hall–Kier alpha value is -1.69. The molecule has 2 aromatic heterocycles. The highest BCUT2D eigenvalue weighted by Crippen LogP contribution is 2.27. The van der Waals surface area contributed by atoms with Crippen molar-refractivity contribution in [3.8, 4) is 0 Å². The molecule has 3 rings (SSSR count). The summed E-state index contributed by atoms with van der Waals surface area (Å²) in [7, 11) is 0. The van der Waals surface area contributed by atoms with E-state index in [1.165, 1.54) is 25.7 Å². The molecule has 1 aliphatic rings. The topological polar surface area (TPSA) is 72.9 Å². The minimum absolute atomic E-state index is 0.457. The first-order valence-corrected chi connectivity index (χ1v) is 7.80. The van der Waals surface area contributed by atoms with Gasteiger partial charge in [-0.3, -0.25) is 0 Å². The molecule has 2 aromatic rings. The lowest BCUT2D eigenvalue weighted by Crippen LogP contribution is -2.31. The van der Waals surface area contributed by atoms with Crippen molar-refractivity contribution in [2.75, 3.05) is 18.8 Å². The molecule has 0 amide bonds. The van der Waals surface area contributed by atoms with Crippen molar-refractivity contribution >= 4 is 17.0 Å². The van der Waals surface area contributed by atoms with Crippen LogP contribution in [0.25, 0.3) is 11.2 Å². The molecule has 1 fully saturated rings. The molecule has 0 unspecified atom stereocenters. The van der Waals surface area contributed by atoms with Gasteiger partial charge in [0.15, 0.2) is 11.5 Å². The van der Waals surface area contributed by atoms with Crippen molar-refractivity contribution in [1.29, 1.82) is 0 Å². The molecule has 0 atom stereocenters. The van der Waals surface area contributed by atoms with E-state index in [9.17, 15) is 0 Å². The number of nitrogens with two attached hydrogens (primary N) is 1. The lowest BCUT2D eigenvalue weighted by atomic mass is 10.2. The maximum absolute atomic E-state index is 5.81. The van der Waals surface area contributed by atoms with Gasteiger partial charge >= 0.3 is 0 Å². The molecular weight excluding hydrogens is 264 g/mol. The summed E-state index contributed by atoms with van der Waals surface area (Å²) in [6.45, 7) is 7.85. The summed E-state index contributed by atoms with van der Waals surface area (Å²) in [6.07, 6.45) is 7.16. The molecule has 0 aromatic carbocycles. The van der Waals surface area contributed by atoms with E-state index in [2.05, 4.69) is 38.3 Å². The van der Waals surface area contributed by atoms with E-state index < -0.39 is 0 Å². The molecule has 0 radical (unpaired) electrons. The minimum Gasteiger partial charge on any atom is -0.382 e. The summed E-state index contributed by atoms with van der Waals surface area (Å²) in [5.74, 6) is 1.19. The first-order chi connectivity index (χ1) is 10.1. The molecule has 0 spiro atoms. The average molecular weight is 288 g/mol. The van der Waals surface area contributed by atoms with Crippen molar-refractivity contribution in [3.63, 3.8) is 0 Å². The Kier molecular flexibility index (Phi) is 4.05. The monoisotopic (exact) mass is 288 g/mol. The van der Waals surface area contributed by atoms with E-state index in [1.807, 2.05) is 6.33 Å². The lowest BCUT2D eigenvalue weighted by Gasteiger charge is -2.24. The highest BCUT2D eigenvalue weighted by Gasteiger charge is 2.28. The fourth-order valence-electron chi connectivity index (χ4n) is 2.84. The van der Waals surface area contributed by atoms with Crippen LogP contribution in [0.3, 0.4) is 0 Å². The predicted octanol–water partition coefficient (Wildman–Crippen LogP) is 1.92. The number of nitrogen functional groups attached to an aromatic ring is 1. The van der Waals surface area contributed by atoms with Crippen LogP contribution in [0.2, 0.25) is 0 Å². The number of imidazole rings is 1. The van der Waals surface area contributed by atoms with Gasteiger partial charge in [0.1, 0.15) is 11.8 Å². The van der Waals surface area contributed by atoms with Crippen LogP contribution in [-0.2, 0) is 6.54 Å². The van der Waals surface area contributed by atoms with E-state index >= 15 is 0 Å². The number of hydrogen-bond donors (Lipinski definition) is 1. The lowest BCUT2D eigenvalue weighted by molar-refractivity contribution is 0.228. The molecule has 0 aliphatic heterocycles. The molecule has 114 valence electrons. The van der Waals surface area contributed by atoms with Crippen LogP contribution in [0, 0.1) is 5.92 Å². The average Bonchev–Trinajstić information content (AvgIpc) is 3.20.